The molecule has 1 aliphatic heterocycles. The second-order valence-electron chi connectivity index (χ2n) is 16.5. The first-order valence-corrected chi connectivity index (χ1v) is 22.9. The molecule has 65 heavy (non-hydrogen) atoms. The highest BCUT2D eigenvalue weighted by Crippen LogP contribution is 2.60. The summed E-state index contributed by atoms with van der Waals surface area (Å²) >= 11 is 0. The molecular formula is C57H34N4O3S. The Kier molecular flexibility index (Phi) is 8.07. The van der Waals surface area contributed by atoms with Crippen LogP contribution in [0.15, 0.2) is 221 Å². The summed E-state index contributed by atoms with van der Waals surface area (Å²) in [6.45, 7) is 0. The lowest BCUT2D eigenvalue weighted by Gasteiger charge is -2.42. The summed E-state index contributed by atoms with van der Waals surface area (Å²) in [5.74, 6) is 1.13. The number of aromatic nitrogens is 4. The third kappa shape index (κ3) is 5.51. The van der Waals surface area contributed by atoms with Crippen LogP contribution in [0, 0.1) is 0 Å². The molecule has 2 aliphatic rings. The Morgan fingerprint density at radius 3 is 1.74 bits per heavy atom. The van der Waals surface area contributed by atoms with E-state index in [1.165, 1.54) is 0 Å². The van der Waals surface area contributed by atoms with Gasteiger partial charge in [-0.15, -0.1) is 0 Å². The Balaban J connectivity index is 1.13. The summed E-state index contributed by atoms with van der Waals surface area (Å²) in [7, 11) is -4.03. The maximum Gasteiger partial charge on any atom is 0.207 e. The van der Waals surface area contributed by atoms with E-state index in [1.54, 1.807) is 6.07 Å². The minimum absolute atomic E-state index is 0.246. The lowest BCUT2D eigenvalue weighted by Crippen LogP contribution is -2.38. The second-order valence-corrected chi connectivity index (χ2v) is 18.4. The van der Waals surface area contributed by atoms with Gasteiger partial charge in [-0.25, -0.2) is 28.4 Å². The zero-order chi connectivity index (χ0) is 43.3. The van der Waals surface area contributed by atoms with Crippen LogP contribution in [0.25, 0.3) is 89.5 Å². The molecule has 4 heterocycles. The minimum atomic E-state index is -4.03. The number of hydrogen-bond donors (Lipinski definition) is 0. The smallest absolute Gasteiger partial charge is 0.207 e. The van der Waals surface area contributed by atoms with Crippen molar-refractivity contribution in [2.75, 3.05) is 0 Å². The van der Waals surface area contributed by atoms with Crippen LogP contribution in [0.3, 0.4) is 0 Å². The quantitative estimate of drug-likeness (QED) is 0.174. The highest BCUT2D eigenvalue weighted by atomic mass is 32.2. The minimum Gasteiger partial charge on any atom is -0.456 e. The summed E-state index contributed by atoms with van der Waals surface area (Å²) in [4.78, 5) is 20.6. The zero-order valence-electron chi connectivity index (χ0n) is 34.6. The predicted octanol–water partition coefficient (Wildman–Crippen LogP) is 13.0. The van der Waals surface area contributed by atoms with Crippen LogP contribution >= 0.6 is 0 Å². The van der Waals surface area contributed by atoms with E-state index in [0.717, 1.165) is 72.1 Å². The van der Waals surface area contributed by atoms with Crippen LogP contribution in [-0.4, -0.2) is 28.4 Å². The molecule has 1 atom stereocenters. The molecule has 0 N–H and O–H groups in total. The maximum absolute atomic E-state index is 15.2. The Morgan fingerprint density at radius 1 is 0.385 bits per heavy atom. The SMILES string of the molecule is O=S1(=O)c2ccccc2C2(c3ccccc3-c3ccccc3-c3ccc(-c4nc(-c5ccccc5)cc(-c5cnc(-c6ccccc6)nc5)n4)cc32)c2cc3oc4ccccc4c3cc21. The van der Waals surface area contributed by atoms with Gasteiger partial charge in [0, 0.05) is 45.4 Å². The predicted molar refractivity (Wildman–Crippen MR) is 255 cm³/mol. The van der Waals surface area contributed by atoms with E-state index in [0.29, 0.717) is 39.6 Å². The zero-order valence-corrected chi connectivity index (χ0v) is 35.4. The van der Waals surface area contributed by atoms with Crippen molar-refractivity contribution in [3.05, 3.63) is 229 Å². The third-order valence-corrected chi connectivity index (χ3v) is 14.9. The van der Waals surface area contributed by atoms with Gasteiger partial charge in [-0.05, 0) is 80.9 Å². The molecule has 13 rings (SSSR count). The average molecular weight is 855 g/mol. The summed E-state index contributed by atoms with van der Waals surface area (Å²) in [5.41, 5.74) is 12.1. The number of benzene rings is 8. The van der Waals surface area contributed by atoms with Gasteiger partial charge in [-0.1, -0.05) is 158 Å². The van der Waals surface area contributed by atoms with Crippen molar-refractivity contribution in [1.29, 1.82) is 0 Å². The fourth-order valence-electron chi connectivity index (χ4n) is 10.2. The molecule has 0 amide bonds. The van der Waals surface area contributed by atoms with E-state index >= 15 is 8.42 Å². The molecule has 0 fully saturated rings. The summed E-state index contributed by atoms with van der Waals surface area (Å²) in [6, 6.07) is 64.3. The average Bonchev–Trinajstić information content (AvgIpc) is 3.70. The van der Waals surface area contributed by atoms with Gasteiger partial charge in [0.05, 0.1) is 26.6 Å². The Hall–Kier alpha value is -8.33. The van der Waals surface area contributed by atoms with Gasteiger partial charge in [0.25, 0.3) is 0 Å². The third-order valence-electron chi connectivity index (χ3n) is 13.0. The molecule has 0 bridgehead atoms. The molecule has 1 aliphatic carbocycles. The lowest BCUT2D eigenvalue weighted by molar-refractivity contribution is 0.579. The first-order chi connectivity index (χ1) is 32.0. The molecule has 1 unspecified atom stereocenters. The maximum atomic E-state index is 15.2. The Labute approximate surface area is 374 Å². The number of furan rings is 1. The molecular weight excluding hydrogens is 821 g/mol. The van der Waals surface area contributed by atoms with Crippen LogP contribution in [0.2, 0.25) is 0 Å². The number of fused-ring (bicyclic) bond motifs is 14. The normalized spacial score (nSPS) is 15.4. The second kappa shape index (κ2) is 14.1. The van der Waals surface area contributed by atoms with Crippen molar-refractivity contribution < 1.29 is 12.8 Å². The molecule has 11 aromatic rings. The largest absolute Gasteiger partial charge is 0.456 e. The number of para-hydroxylation sites is 1. The Morgan fingerprint density at radius 2 is 0.985 bits per heavy atom. The number of nitrogens with zero attached hydrogens (tertiary/aromatic N) is 4. The van der Waals surface area contributed by atoms with Crippen LogP contribution in [0.4, 0.5) is 0 Å². The summed E-state index contributed by atoms with van der Waals surface area (Å²) < 4.78 is 37.0. The van der Waals surface area contributed by atoms with Crippen molar-refractivity contribution in [3.8, 4) is 67.5 Å². The van der Waals surface area contributed by atoms with Crippen molar-refractivity contribution in [1.82, 2.24) is 19.9 Å². The van der Waals surface area contributed by atoms with Gasteiger partial charge in [-0.2, -0.15) is 0 Å². The van der Waals surface area contributed by atoms with Gasteiger partial charge in [0.15, 0.2) is 11.6 Å². The Bertz CT molecular complexity index is 3850. The van der Waals surface area contributed by atoms with Gasteiger partial charge >= 0.3 is 0 Å². The topological polar surface area (TPSA) is 98.8 Å². The molecule has 8 heteroatoms. The van der Waals surface area contributed by atoms with Crippen LogP contribution in [-0.2, 0) is 15.3 Å². The summed E-state index contributed by atoms with van der Waals surface area (Å²) in [5, 5.41) is 1.60. The molecule has 0 radical (unpaired) electrons. The van der Waals surface area contributed by atoms with Crippen molar-refractivity contribution in [2.24, 2.45) is 0 Å². The van der Waals surface area contributed by atoms with E-state index in [4.69, 9.17) is 24.4 Å². The molecule has 1 spiro atoms. The number of rotatable bonds is 4. The molecule has 0 saturated heterocycles. The monoisotopic (exact) mass is 854 g/mol. The molecule has 3 aromatic heterocycles. The van der Waals surface area contributed by atoms with E-state index in [-0.39, 0.29) is 9.79 Å². The fourth-order valence-corrected chi connectivity index (χ4v) is 12.0. The molecule has 0 saturated carbocycles. The lowest BCUT2D eigenvalue weighted by atomic mass is 9.63. The molecule has 306 valence electrons. The van der Waals surface area contributed by atoms with Gasteiger partial charge < -0.3 is 4.42 Å². The van der Waals surface area contributed by atoms with Crippen molar-refractivity contribution in [3.63, 3.8) is 0 Å². The van der Waals surface area contributed by atoms with E-state index in [1.807, 2.05) is 140 Å². The van der Waals surface area contributed by atoms with Crippen LogP contribution < -0.4 is 0 Å². The van der Waals surface area contributed by atoms with E-state index < -0.39 is 15.3 Å². The van der Waals surface area contributed by atoms with Gasteiger partial charge in [0.1, 0.15) is 11.2 Å². The highest BCUT2D eigenvalue weighted by Gasteiger charge is 2.52. The van der Waals surface area contributed by atoms with Gasteiger partial charge in [0.2, 0.25) is 9.84 Å². The van der Waals surface area contributed by atoms with Crippen LogP contribution in [0.5, 0.6) is 0 Å². The van der Waals surface area contributed by atoms with Gasteiger partial charge in [-0.3, -0.25) is 0 Å². The van der Waals surface area contributed by atoms with E-state index in [9.17, 15) is 0 Å². The number of sulfone groups is 1. The molecule has 7 nitrogen and oxygen atoms in total. The van der Waals surface area contributed by atoms with Crippen LogP contribution in [0.1, 0.15) is 22.3 Å². The first-order valence-electron chi connectivity index (χ1n) is 21.4. The number of hydrogen-bond acceptors (Lipinski definition) is 7. The van der Waals surface area contributed by atoms with Crippen molar-refractivity contribution >= 4 is 31.8 Å². The highest BCUT2D eigenvalue weighted by molar-refractivity contribution is 7.91. The summed E-state index contributed by atoms with van der Waals surface area (Å²) in [6.07, 6.45) is 3.62. The van der Waals surface area contributed by atoms with E-state index in [2.05, 4.69) is 60.7 Å². The fraction of sp³-hybridized carbons (Fsp3) is 0.0175. The van der Waals surface area contributed by atoms with Crippen molar-refractivity contribution in [2.45, 2.75) is 15.2 Å². The first kappa shape index (κ1) is 37.2. The standard InChI is InChI=1S/C57H34N4O3S/c62-65(63)53-26-14-12-24-46(53)57(48-31-52-44(30-54(48)65)43-22-10-13-25-51(43)64-52)45-23-11-9-21-41(45)39-19-7-8-20-40(39)42-28-27-37(29-47(42)57)56-60-49(35-15-3-1-4-16-35)32-50(61-56)38-33-58-55(59-34-38)36-17-5-2-6-18-36/h1-34H. The molecule has 8 aromatic carbocycles.